The summed E-state index contributed by atoms with van der Waals surface area (Å²) >= 11 is 1.72. The lowest BCUT2D eigenvalue weighted by atomic mass is 10.3. The molecule has 0 aliphatic rings. The maximum Gasteiger partial charge on any atom is 0.0628 e. The Balaban J connectivity index is 2.50. The molecule has 1 aromatic rings. The third-order valence-electron chi connectivity index (χ3n) is 2.37. The molecular formula is C12H20N2OS. The first kappa shape index (κ1) is 13.3. The first-order chi connectivity index (χ1) is 7.63. The molecule has 16 heavy (non-hydrogen) atoms. The summed E-state index contributed by atoms with van der Waals surface area (Å²) in [6, 6.07) is 4.03. The topological polar surface area (TPSA) is 45.2 Å². The molecule has 1 aromatic heterocycles. The second-order valence-corrected chi connectivity index (χ2v) is 5.19. The molecule has 0 bridgehead atoms. The standard InChI is InChI=1S/C12H20N2OS/c1-4-13-11-5-6-14-12(7-11)8-16-10(3)9(2)15/h5-7,9-10,15H,4,8H2,1-3H3,(H,13,14). The minimum absolute atomic E-state index is 0.240. The lowest BCUT2D eigenvalue weighted by Crippen LogP contribution is -2.15. The number of anilines is 1. The van der Waals surface area contributed by atoms with Gasteiger partial charge in [-0.25, -0.2) is 0 Å². The van der Waals surface area contributed by atoms with E-state index in [-0.39, 0.29) is 11.4 Å². The SMILES string of the molecule is CCNc1ccnc(CSC(C)C(C)O)c1. The Labute approximate surface area is 102 Å². The van der Waals surface area contributed by atoms with Crippen molar-refractivity contribution in [3.8, 4) is 0 Å². The molecule has 0 aromatic carbocycles. The van der Waals surface area contributed by atoms with Gasteiger partial charge in [-0.3, -0.25) is 4.98 Å². The van der Waals surface area contributed by atoms with Crippen LogP contribution in [0.1, 0.15) is 26.5 Å². The molecule has 0 spiro atoms. The quantitative estimate of drug-likeness (QED) is 0.802. The zero-order chi connectivity index (χ0) is 12.0. The molecule has 3 nitrogen and oxygen atoms in total. The molecule has 2 unspecified atom stereocenters. The third kappa shape index (κ3) is 4.41. The zero-order valence-electron chi connectivity index (χ0n) is 10.1. The minimum Gasteiger partial charge on any atom is -0.392 e. The largest absolute Gasteiger partial charge is 0.392 e. The molecule has 0 aliphatic heterocycles. The summed E-state index contributed by atoms with van der Waals surface area (Å²) in [6.45, 7) is 6.84. The van der Waals surface area contributed by atoms with E-state index in [1.165, 1.54) is 0 Å². The molecule has 0 fully saturated rings. The number of aliphatic hydroxyl groups is 1. The van der Waals surface area contributed by atoms with Gasteiger partial charge in [0.15, 0.2) is 0 Å². The van der Waals surface area contributed by atoms with E-state index >= 15 is 0 Å². The maximum atomic E-state index is 9.38. The molecular weight excluding hydrogens is 220 g/mol. The first-order valence-corrected chi connectivity index (χ1v) is 6.66. The summed E-state index contributed by atoms with van der Waals surface area (Å²) in [5.74, 6) is 0.839. The smallest absolute Gasteiger partial charge is 0.0628 e. The summed E-state index contributed by atoms with van der Waals surface area (Å²) in [7, 11) is 0. The van der Waals surface area contributed by atoms with E-state index in [1.807, 2.05) is 26.1 Å². The van der Waals surface area contributed by atoms with Crippen LogP contribution in [0.25, 0.3) is 0 Å². The number of nitrogens with one attached hydrogen (secondary N) is 1. The van der Waals surface area contributed by atoms with Gasteiger partial charge in [-0.05, 0) is 26.0 Å². The van der Waals surface area contributed by atoms with Crippen molar-refractivity contribution in [3.63, 3.8) is 0 Å². The highest BCUT2D eigenvalue weighted by molar-refractivity contribution is 7.99. The van der Waals surface area contributed by atoms with E-state index in [0.29, 0.717) is 0 Å². The average molecular weight is 240 g/mol. The van der Waals surface area contributed by atoms with Crippen molar-refractivity contribution in [3.05, 3.63) is 24.0 Å². The number of rotatable bonds is 6. The fourth-order valence-electron chi connectivity index (χ4n) is 1.23. The van der Waals surface area contributed by atoms with E-state index in [0.717, 1.165) is 23.7 Å². The Morgan fingerprint density at radius 3 is 2.88 bits per heavy atom. The van der Waals surface area contributed by atoms with Crippen LogP contribution in [0.2, 0.25) is 0 Å². The van der Waals surface area contributed by atoms with Crippen LogP contribution in [0.3, 0.4) is 0 Å². The van der Waals surface area contributed by atoms with Gasteiger partial charge < -0.3 is 10.4 Å². The van der Waals surface area contributed by atoms with Crippen molar-refractivity contribution in [2.45, 2.75) is 37.9 Å². The lowest BCUT2D eigenvalue weighted by Gasteiger charge is -2.13. The molecule has 2 atom stereocenters. The second kappa shape index (κ2) is 6.76. The molecule has 2 N–H and O–H groups in total. The van der Waals surface area contributed by atoms with Crippen molar-refractivity contribution in [2.75, 3.05) is 11.9 Å². The zero-order valence-corrected chi connectivity index (χ0v) is 10.9. The van der Waals surface area contributed by atoms with Gasteiger partial charge >= 0.3 is 0 Å². The fourth-order valence-corrected chi connectivity index (χ4v) is 2.10. The van der Waals surface area contributed by atoms with Crippen molar-refractivity contribution < 1.29 is 5.11 Å². The number of thioether (sulfide) groups is 1. The van der Waals surface area contributed by atoms with Crippen molar-refractivity contribution in [1.29, 1.82) is 0 Å². The van der Waals surface area contributed by atoms with Gasteiger partial charge in [0.1, 0.15) is 0 Å². The summed E-state index contributed by atoms with van der Waals surface area (Å²) in [5, 5.41) is 12.9. The first-order valence-electron chi connectivity index (χ1n) is 5.62. The van der Waals surface area contributed by atoms with Crippen LogP contribution in [-0.4, -0.2) is 28.0 Å². The summed E-state index contributed by atoms with van der Waals surface area (Å²) < 4.78 is 0. The van der Waals surface area contributed by atoms with E-state index < -0.39 is 0 Å². The second-order valence-electron chi connectivity index (χ2n) is 3.82. The molecule has 0 aliphatic carbocycles. The number of pyridine rings is 1. The van der Waals surface area contributed by atoms with Crippen molar-refractivity contribution in [1.82, 2.24) is 4.98 Å². The Morgan fingerprint density at radius 1 is 1.50 bits per heavy atom. The number of aromatic nitrogens is 1. The predicted molar refractivity (Wildman–Crippen MR) is 70.8 cm³/mol. The van der Waals surface area contributed by atoms with Crippen LogP contribution in [0.4, 0.5) is 5.69 Å². The van der Waals surface area contributed by atoms with Gasteiger partial charge in [-0.15, -0.1) is 11.8 Å². The normalized spacial score (nSPS) is 14.5. The predicted octanol–water partition coefficient (Wildman–Crippen LogP) is 2.52. The van der Waals surface area contributed by atoms with Gasteiger partial charge in [-0.2, -0.15) is 0 Å². The van der Waals surface area contributed by atoms with E-state index in [1.54, 1.807) is 11.8 Å². The Morgan fingerprint density at radius 2 is 2.25 bits per heavy atom. The number of aliphatic hydroxyl groups excluding tert-OH is 1. The maximum absolute atomic E-state index is 9.38. The molecule has 90 valence electrons. The van der Waals surface area contributed by atoms with E-state index in [9.17, 15) is 5.11 Å². The van der Waals surface area contributed by atoms with E-state index in [4.69, 9.17) is 0 Å². The number of hydrogen-bond acceptors (Lipinski definition) is 4. The molecule has 0 amide bonds. The molecule has 0 radical (unpaired) electrons. The van der Waals surface area contributed by atoms with Crippen LogP contribution in [0.15, 0.2) is 18.3 Å². The monoisotopic (exact) mass is 240 g/mol. The van der Waals surface area contributed by atoms with Gasteiger partial charge in [0.05, 0.1) is 11.8 Å². The van der Waals surface area contributed by atoms with Crippen molar-refractivity contribution >= 4 is 17.4 Å². The number of hydrogen-bond donors (Lipinski definition) is 2. The van der Waals surface area contributed by atoms with Crippen LogP contribution < -0.4 is 5.32 Å². The van der Waals surface area contributed by atoms with Gasteiger partial charge in [-0.1, -0.05) is 6.92 Å². The Kier molecular flexibility index (Phi) is 5.63. The molecule has 1 heterocycles. The fraction of sp³-hybridized carbons (Fsp3) is 0.583. The van der Waals surface area contributed by atoms with Crippen LogP contribution in [0, 0.1) is 0 Å². The van der Waals surface area contributed by atoms with Crippen LogP contribution in [0.5, 0.6) is 0 Å². The lowest BCUT2D eigenvalue weighted by molar-refractivity contribution is 0.196. The van der Waals surface area contributed by atoms with Crippen molar-refractivity contribution in [2.24, 2.45) is 0 Å². The Bertz CT molecular complexity index is 318. The Hall–Kier alpha value is -0.740. The van der Waals surface area contributed by atoms with Gasteiger partial charge in [0.2, 0.25) is 0 Å². The van der Waals surface area contributed by atoms with Gasteiger partial charge in [0.25, 0.3) is 0 Å². The molecule has 0 saturated heterocycles. The summed E-state index contributed by atoms with van der Waals surface area (Å²) in [4.78, 5) is 4.31. The van der Waals surface area contributed by atoms with E-state index in [2.05, 4.69) is 23.3 Å². The summed E-state index contributed by atoms with van der Waals surface area (Å²) in [5.41, 5.74) is 2.16. The molecule has 4 heteroatoms. The summed E-state index contributed by atoms with van der Waals surface area (Å²) in [6.07, 6.45) is 1.54. The average Bonchev–Trinajstić information content (AvgIpc) is 2.26. The van der Waals surface area contributed by atoms with Gasteiger partial charge in [0, 0.05) is 29.4 Å². The highest BCUT2D eigenvalue weighted by Crippen LogP contribution is 2.20. The molecule has 0 saturated carbocycles. The third-order valence-corrected chi connectivity index (χ3v) is 3.75. The van der Waals surface area contributed by atoms with Crippen LogP contribution in [-0.2, 0) is 5.75 Å². The minimum atomic E-state index is -0.276. The molecule has 1 rings (SSSR count). The highest BCUT2D eigenvalue weighted by atomic mass is 32.2. The highest BCUT2D eigenvalue weighted by Gasteiger charge is 2.09. The number of nitrogens with zero attached hydrogens (tertiary/aromatic N) is 1. The van der Waals surface area contributed by atoms with Crippen LogP contribution >= 0.6 is 11.8 Å².